The van der Waals surface area contributed by atoms with Crippen molar-refractivity contribution in [2.45, 2.75) is 33.8 Å². The molecule has 0 radical (unpaired) electrons. The standard InChI is InChI=1S/C17H23N3O2/c1-12-14(16(22)18-10-15(21)17(2,3)4)11-20(19-12)13-8-6-5-7-9-13/h5-9,11,15,21H,10H2,1-4H3,(H,18,22). The molecule has 0 bridgehead atoms. The molecular weight excluding hydrogens is 278 g/mol. The summed E-state index contributed by atoms with van der Waals surface area (Å²) in [5.74, 6) is -0.219. The molecule has 1 heterocycles. The zero-order valence-corrected chi connectivity index (χ0v) is 13.5. The maximum atomic E-state index is 12.3. The molecule has 22 heavy (non-hydrogen) atoms. The van der Waals surface area contributed by atoms with E-state index in [2.05, 4.69) is 10.4 Å². The molecule has 0 aliphatic heterocycles. The largest absolute Gasteiger partial charge is 0.391 e. The zero-order valence-electron chi connectivity index (χ0n) is 13.5. The normalized spacial score (nSPS) is 13.0. The minimum absolute atomic E-state index is 0.219. The number of carbonyl (C=O) groups excluding carboxylic acids is 1. The second kappa shape index (κ2) is 6.32. The van der Waals surface area contributed by atoms with E-state index >= 15 is 0 Å². The second-order valence-electron chi connectivity index (χ2n) is 6.50. The van der Waals surface area contributed by atoms with Crippen LogP contribution in [0.5, 0.6) is 0 Å². The number of hydrogen-bond donors (Lipinski definition) is 2. The number of carbonyl (C=O) groups is 1. The first-order valence-corrected chi connectivity index (χ1v) is 7.37. The third-order valence-corrected chi connectivity index (χ3v) is 3.62. The molecule has 2 aromatic rings. The smallest absolute Gasteiger partial charge is 0.254 e. The summed E-state index contributed by atoms with van der Waals surface area (Å²) in [5.41, 5.74) is 1.81. The van der Waals surface area contributed by atoms with E-state index in [4.69, 9.17) is 0 Å². The minimum atomic E-state index is -0.596. The Morgan fingerprint density at radius 2 is 1.95 bits per heavy atom. The number of nitrogens with zero attached hydrogens (tertiary/aromatic N) is 2. The van der Waals surface area contributed by atoms with Crippen molar-refractivity contribution in [3.8, 4) is 5.69 Å². The van der Waals surface area contributed by atoms with Crippen molar-refractivity contribution in [1.29, 1.82) is 0 Å². The number of para-hydroxylation sites is 1. The quantitative estimate of drug-likeness (QED) is 0.910. The van der Waals surface area contributed by atoms with Crippen LogP contribution < -0.4 is 5.32 Å². The summed E-state index contributed by atoms with van der Waals surface area (Å²) in [6, 6.07) is 9.63. The monoisotopic (exact) mass is 301 g/mol. The van der Waals surface area contributed by atoms with Gasteiger partial charge in [0, 0.05) is 12.7 Å². The van der Waals surface area contributed by atoms with Crippen LogP contribution in [0.4, 0.5) is 0 Å². The van der Waals surface area contributed by atoms with Gasteiger partial charge in [-0.25, -0.2) is 4.68 Å². The lowest BCUT2D eigenvalue weighted by molar-refractivity contribution is 0.0586. The van der Waals surface area contributed by atoms with Crippen molar-refractivity contribution < 1.29 is 9.90 Å². The SMILES string of the molecule is Cc1nn(-c2ccccc2)cc1C(=O)NCC(O)C(C)(C)C. The first-order chi connectivity index (χ1) is 10.3. The number of aryl methyl sites for hydroxylation is 1. The van der Waals surface area contributed by atoms with Crippen LogP contribution in [0.25, 0.3) is 5.69 Å². The average Bonchev–Trinajstić information content (AvgIpc) is 2.86. The summed E-state index contributed by atoms with van der Waals surface area (Å²) < 4.78 is 1.68. The number of nitrogens with one attached hydrogen (secondary N) is 1. The number of aliphatic hydroxyl groups is 1. The Balaban J connectivity index is 2.10. The van der Waals surface area contributed by atoms with Gasteiger partial charge in [0.2, 0.25) is 0 Å². The molecule has 0 saturated heterocycles. The van der Waals surface area contributed by atoms with E-state index in [0.29, 0.717) is 11.3 Å². The highest BCUT2D eigenvalue weighted by Gasteiger charge is 2.23. The Labute approximate surface area is 131 Å². The summed E-state index contributed by atoms with van der Waals surface area (Å²) >= 11 is 0. The number of benzene rings is 1. The summed E-state index contributed by atoms with van der Waals surface area (Å²) in [5, 5.41) is 17.1. The molecule has 1 amide bonds. The van der Waals surface area contributed by atoms with E-state index in [-0.39, 0.29) is 17.9 Å². The first kappa shape index (κ1) is 16.2. The minimum Gasteiger partial charge on any atom is -0.391 e. The molecule has 1 unspecified atom stereocenters. The predicted molar refractivity (Wildman–Crippen MR) is 86.1 cm³/mol. The van der Waals surface area contributed by atoms with Crippen LogP contribution in [-0.2, 0) is 0 Å². The Bertz CT molecular complexity index is 642. The lowest BCUT2D eigenvalue weighted by atomic mass is 9.89. The fourth-order valence-corrected chi connectivity index (χ4v) is 1.99. The number of aliphatic hydroxyl groups excluding tert-OH is 1. The van der Waals surface area contributed by atoms with Crippen molar-refractivity contribution in [2.75, 3.05) is 6.54 Å². The van der Waals surface area contributed by atoms with Crippen LogP contribution in [-0.4, -0.2) is 33.4 Å². The van der Waals surface area contributed by atoms with Gasteiger partial charge >= 0.3 is 0 Å². The average molecular weight is 301 g/mol. The highest BCUT2D eigenvalue weighted by atomic mass is 16.3. The number of amides is 1. The molecule has 118 valence electrons. The van der Waals surface area contributed by atoms with Gasteiger partial charge in [-0.05, 0) is 24.5 Å². The molecule has 5 nitrogen and oxygen atoms in total. The Morgan fingerprint density at radius 3 is 2.55 bits per heavy atom. The van der Waals surface area contributed by atoms with E-state index < -0.39 is 6.10 Å². The fraction of sp³-hybridized carbons (Fsp3) is 0.412. The van der Waals surface area contributed by atoms with Crippen molar-refractivity contribution >= 4 is 5.91 Å². The van der Waals surface area contributed by atoms with Crippen LogP contribution in [0, 0.1) is 12.3 Å². The van der Waals surface area contributed by atoms with Crippen LogP contribution in [0.15, 0.2) is 36.5 Å². The highest BCUT2D eigenvalue weighted by molar-refractivity contribution is 5.95. The second-order valence-corrected chi connectivity index (χ2v) is 6.50. The summed E-state index contributed by atoms with van der Waals surface area (Å²) in [7, 11) is 0. The van der Waals surface area contributed by atoms with Gasteiger partial charge in [-0.1, -0.05) is 39.0 Å². The third-order valence-electron chi connectivity index (χ3n) is 3.62. The fourth-order valence-electron chi connectivity index (χ4n) is 1.99. The molecule has 1 atom stereocenters. The van der Waals surface area contributed by atoms with E-state index in [1.807, 2.05) is 51.1 Å². The number of aromatic nitrogens is 2. The maximum Gasteiger partial charge on any atom is 0.254 e. The van der Waals surface area contributed by atoms with Gasteiger partial charge in [0.05, 0.1) is 23.0 Å². The highest BCUT2D eigenvalue weighted by Crippen LogP contribution is 2.18. The van der Waals surface area contributed by atoms with E-state index in [9.17, 15) is 9.90 Å². The van der Waals surface area contributed by atoms with Crippen LogP contribution in [0.3, 0.4) is 0 Å². The predicted octanol–water partition coefficient (Wildman–Crippen LogP) is 2.32. The molecule has 0 aliphatic rings. The van der Waals surface area contributed by atoms with Gasteiger partial charge in [-0.3, -0.25) is 4.79 Å². The Kier molecular flexibility index (Phi) is 4.66. The summed E-state index contributed by atoms with van der Waals surface area (Å²) in [6.45, 7) is 7.82. The topological polar surface area (TPSA) is 67.2 Å². The Morgan fingerprint density at radius 1 is 1.32 bits per heavy atom. The molecule has 0 spiro atoms. The van der Waals surface area contributed by atoms with Gasteiger partial charge < -0.3 is 10.4 Å². The molecule has 2 N–H and O–H groups in total. The van der Waals surface area contributed by atoms with Crippen LogP contribution in [0.2, 0.25) is 0 Å². The molecule has 1 aromatic carbocycles. The summed E-state index contributed by atoms with van der Waals surface area (Å²) in [6.07, 6.45) is 1.12. The van der Waals surface area contributed by atoms with E-state index in [1.54, 1.807) is 17.8 Å². The van der Waals surface area contributed by atoms with Crippen LogP contribution in [0.1, 0.15) is 36.8 Å². The molecule has 0 saturated carbocycles. The lowest BCUT2D eigenvalue weighted by Gasteiger charge is -2.25. The van der Waals surface area contributed by atoms with Gasteiger partial charge in [0.1, 0.15) is 0 Å². The molecule has 2 rings (SSSR count). The van der Waals surface area contributed by atoms with E-state index in [0.717, 1.165) is 5.69 Å². The van der Waals surface area contributed by atoms with Gasteiger partial charge in [-0.15, -0.1) is 0 Å². The lowest BCUT2D eigenvalue weighted by Crippen LogP contribution is -2.39. The van der Waals surface area contributed by atoms with Gasteiger partial charge in [-0.2, -0.15) is 5.10 Å². The van der Waals surface area contributed by atoms with Gasteiger partial charge in [0.15, 0.2) is 0 Å². The molecule has 0 fully saturated rings. The summed E-state index contributed by atoms with van der Waals surface area (Å²) in [4.78, 5) is 12.3. The molecule has 0 aliphatic carbocycles. The first-order valence-electron chi connectivity index (χ1n) is 7.37. The Hall–Kier alpha value is -2.14. The van der Waals surface area contributed by atoms with Crippen LogP contribution >= 0.6 is 0 Å². The van der Waals surface area contributed by atoms with Crippen molar-refractivity contribution in [2.24, 2.45) is 5.41 Å². The van der Waals surface area contributed by atoms with E-state index in [1.165, 1.54) is 0 Å². The number of rotatable bonds is 4. The van der Waals surface area contributed by atoms with Crippen molar-refractivity contribution in [3.63, 3.8) is 0 Å². The zero-order chi connectivity index (χ0) is 16.3. The number of hydrogen-bond acceptors (Lipinski definition) is 3. The molecular formula is C17H23N3O2. The van der Waals surface area contributed by atoms with Gasteiger partial charge in [0.25, 0.3) is 5.91 Å². The molecule has 1 aromatic heterocycles. The molecule has 5 heteroatoms. The van der Waals surface area contributed by atoms with Crippen molar-refractivity contribution in [3.05, 3.63) is 47.8 Å². The van der Waals surface area contributed by atoms with Crippen molar-refractivity contribution in [1.82, 2.24) is 15.1 Å². The third kappa shape index (κ3) is 3.74. The maximum absolute atomic E-state index is 12.3.